The molecule has 0 saturated heterocycles. The minimum absolute atomic E-state index is 0.226. The van der Waals surface area contributed by atoms with Crippen molar-refractivity contribution in [2.24, 2.45) is 0 Å². The van der Waals surface area contributed by atoms with E-state index in [1.165, 1.54) is 11.3 Å². The average Bonchev–Trinajstić information content (AvgIpc) is 2.82. The molecule has 21 heavy (non-hydrogen) atoms. The van der Waals surface area contributed by atoms with Crippen LogP contribution in [0.15, 0.2) is 29.2 Å². The van der Waals surface area contributed by atoms with Gasteiger partial charge in [0.1, 0.15) is 5.75 Å². The zero-order valence-electron chi connectivity index (χ0n) is 11.9. The van der Waals surface area contributed by atoms with E-state index in [2.05, 4.69) is 4.72 Å². The van der Waals surface area contributed by atoms with Crippen molar-refractivity contribution in [2.75, 3.05) is 7.11 Å². The van der Waals surface area contributed by atoms with E-state index in [-0.39, 0.29) is 11.4 Å². The number of hydrogen-bond acceptors (Lipinski definition) is 4. The van der Waals surface area contributed by atoms with Gasteiger partial charge in [0.15, 0.2) is 0 Å². The van der Waals surface area contributed by atoms with Crippen LogP contribution in [0.25, 0.3) is 0 Å². The van der Waals surface area contributed by atoms with Crippen LogP contribution in [0.5, 0.6) is 5.75 Å². The molecule has 0 unspecified atom stereocenters. The molecule has 1 N–H and O–H groups in total. The van der Waals surface area contributed by atoms with Gasteiger partial charge in [0.2, 0.25) is 10.0 Å². The van der Waals surface area contributed by atoms with Crippen LogP contribution in [0.4, 0.5) is 0 Å². The first kappa shape index (κ1) is 16.3. The van der Waals surface area contributed by atoms with Gasteiger partial charge in [0.05, 0.1) is 16.3 Å². The Balaban J connectivity index is 2.23. The molecule has 7 heteroatoms. The van der Waals surface area contributed by atoms with Crippen molar-refractivity contribution < 1.29 is 13.2 Å². The summed E-state index contributed by atoms with van der Waals surface area (Å²) in [5.41, 5.74) is 1.58. The maximum absolute atomic E-state index is 12.3. The number of benzene rings is 1. The number of hydrogen-bond donors (Lipinski definition) is 1. The third-order valence-corrected chi connectivity index (χ3v) is 5.63. The summed E-state index contributed by atoms with van der Waals surface area (Å²) in [5.74, 6) is 0.707. The van der Waals surface area contributed by atoms with Crippen molar-refractivity contribution in [1.29, 1.82) is 0 Å². The van der Waals surface area contributed by atoms with Crippen LogP contribution in [-0.2, 0) is 16.6 Å². The number of ether oxygens (including phenoxy) is 1. The van der Waals surface area contributed by atoms with E-state index in [0.29, 0.717) is 10.1 Å². The van der Waals surface area contributed by atoms with Crippen LogP contribution >= 0.6 is 22.9 Å². The fourth-order valence-electron chi connectivity index (χ4n) is 2.08. The van der Waals surface area contributed by atoms with E-state index in [4.69, 9.17) is 16.3 Å². The van der Waals surface area contributed by atoms with E-state index in [1.807, 2.05) is 13.8 Å². The summed E-state index contributed by atoms with van der Waals surface area (Å²) in [6, 6.07) is 6.77. The number of aryl methyl sites for hydroxylation is 2. The Hall–Kier alpha value is -1.08. The molecule has 0 amide bonds. The van der Waals surface area contributed by atoms with E-state index in [0.717, 1.165) is 16.0 Å². The molecule has 1 heterocycles. The number of rotatable bonds is 5. The summed E-state index contributed by atoms with van der Waals surface area (Å²) in [7, 11) is -1.99. The van der Waals surface area contributed by atoms with Crippen molar-refractivity contribution in [3.05, 3.63) is 44.6 Å². The average molecular weight is 346 g/mol. The molecule has 0 aliphatic heterocycles. The molecular formula is C14H16ClNO3S2. The quantitative estimate of drug-likeness (QED) is 0.902. The minimum atomic E-state index is -3.56. The Morgan fingerprint density at radius 2 is 1.86 bits per heavy atom. The SMILES string of the molecule is COc1c(C)cc(S(=O)(=O)NCc2ccc(Cl)s2)cc1C. The lowest BCUT2D eigenvalue weighted by atomic mass is 10.1. The fraction of sp³-hybridized carbons (Fsp3) is 0.286. The van der Waals surface area contributed by atoms with Crippen LogP contribution in [0, 0.1) is 13.8 Å². The summed E-state index contributed by atoms with van der Waals surface area (Å²) >= 11 is 7.18. The topological polar surface area (TPSA) is 55.4 Å². The van der Waals surface area contributed by atoms with Gasteiger partial charge in [-0.1, -0.05) is 11.6 Å². The molecule has 1 aromatic carbocycles. The van der Waals surface area contributed by atoms with Crippen molar-refractivity contribution >= 4 is 33.0 Å². The Morgan fingerprint density at radius 1 is 1.24 bits per heavy atom. The molecular weight excluding hydrogens is 330 g/mol. The van der Waals surface area contributed by atoms with Crippen LogP contribution in [0.3, 0.4) is 0 Å². The van der Waals surface area contributed by atoms with Gasteiger partial charge in [-0.15, -0.1) is 11.3 Å². The molecule has 0 aliphatic carbocycles. The first-order chi connectivity index (χ1) is 9.83. The fourth-order valence-corrected chi connectivity index (χ4v) is 4.38. The van der Waals surface area contributed by atoms with E-state index in [1.54, 1.807) is 31.4 Å². The highest BCUT2D eigenvalue weighted by atomic mass is 35.5. The summed E-state index contributed by atoms with van der Waals surface area (Å²) in [5, 5.41) is 0. The number of sulfonamides is 1. The standard InChI is InChI=1S/C14H16ClNO3S2/c1-9-6-12(7-10(2)14(9)19-3)21(17,18)16-8-11-4-5-13(15)20-11/h4-7,16H,8H2,1-3H3. The lowest BCUT2D eigenvalue weighted by Gasteiger charge is -2.12. The normalized spacial score (nSPS) is 11.6. The smallest absolute Gasteiger partial charge is 0.240 e. The molecule has 0 saturated carbocycles. The van der Waals surface area contributed by atoms with Crippen LogP contribution in [-0.4, -0.2) is 15.5 Å². The first-order valence-electron chi connectivity index (χ1n) is 6.22. The van der Waals surface area contributed by atoms with Gasteiger partial charge in [-0.2, -0.15) is 0 Å². The molecule has 2 rings (SSSR count). The summed E-state index contributed by atoms with van der Waals surface area (Å²) in [6.45, 7) is 3.87. The maximum atomic E-state index is 12.3. The zero-order chi connectivity index (χ0) is 15.6. The largest absolute Gasteiger partial charge is 0.496 e. The Kier molecular flexibility index (Phi) is 4.93. The van der Waals surface area contributed by atoms with Crippen molar-refractivity contribution in [2.45, 2.75) is 25.3 Å². The van der Waals surface area contributed by atoms with Crippen LogP contribution < -0.4 is 9.46 Å². The molecule has 0 radical (unpaired) electrons. The van der Waals surface area contributed by atoms with E-state index >= 15 is 0 Å². The predicted octanol–water partition coefficient (Wildman–Crippen LogP) is 3.51. The molecule has 0 spiro atoms. The van der Waals surface area contributed by atoms with Gasteiger partial charge in [-0.3, -0.25) is 0 Å². The second kappa shape index (κ2) is 6.36. The van der Waals surface area contributed by atoms with Gasteiger partial charge in [-0.05, 0) is 49.2 Å². The minimum Gasteiger partial charge on any atom is -0.496 e. The number of nitrogens with one attached hydrogen (secondary N) is 1. The van der Waals surface area contributed by atoms with Gasteiger partial charge >= 0.3 is 0 Å². The summed E-state index contributed by atoms with van der Waals surface area (Å²) in [4.78, 5) is 1.10. The Morgan fingerprint density at radius 3 is 2.33 bits per heavy atom. The monoisotopic (exact) mass is 345 g/mol. The highest BCUT2D eigenvalue weighted by Gasteiger charge is 2.17. The Bertz CT molecular complexity index is 730. The van der Waals surface area contributed by atoms with Gasteiger partial charge in [-0.25, -0.2) is 13.1 Å². The van der Waals surface area contributed by atoms with Gasteiger partial charge in [0, 0.05) is 11.4 Å². The second-order valence-corrected chi connectivity index (χ2v) is 8.19. The lowest BCUT2D eigenvalue weighted by Crippen LogP contribution is -2.23. The van der Waals surface area contributed by atoms with Gasteiger partial charge < -0.3 is 4.74 Å². The number of thiophene rings is 1. The Labute approximate surface area is 133 Å². The molecule has 114 valence electrons. The van der Waals surface area contributed by atoms with Crippen molar-refractivity contribution in [1.82, 2.24) is 4.72 Å². The molecule has 1 aromatic heterocycles. The van der Waals surface area contributed by atoms with Crippen molar-refractivity contribution in [3.8, 4) is 5.75 Å². The highest BCUT2D eigenvalue weighted by molar-refractivity contribution is 7.89. The zero-order valence-corrected chi connectivity index (χ0v) is 14.3. The molecule has 0 atom stereocenters. The number of methoxy groups -OCH3 is 1. The third-order valence-electron chi connectivity index (χ3n) is 3.01. The third kappa shape index (κ3) is 3.77. The molecule has 2 aromatic rings. The lowest BCUT2D eigenvalue weighted by molar-refractivity contribution is 0.408. The maximum Gasteiger partial charge on any atom is 0.240 e. The summed E-state index contributed by atoms with van der Waals surface area (Å²) < 4.78 is 33.1. The summed E-state index contributed by atoms with van der Waals surface area (Å²) in [6.07, 6.45) is 0. The molecule has 4 nitrogen and oxygen atoms in total. The molecule has 0 bridgehead atoms. The molecule has 0 fully saturated rings. The van der Waals surface area contributed by atoms with Crippen molar-refractivity contribution in [3.63, 3.8) is 0 Å². The highest BCUT2D eigenvalue weighted by Crippen LogP contribution is 2.27. The van der Waals surface area contributed by atoms with Gasteiger partial charge in [0.25, 0.3) is 0 Å². The number of halogens is 1. The van der Waals surface area contributed by atoms with Crippen LogP contribution in [0.1, 0.15) is 16.0 Å². The predicted molar refractivity (Wildman–Crippen MR) is 85.8 cm³/mol. The molecule has 0 aliphatic rings. The van der Waals surface area contributed by atoms with Crippen LogP contribution in [0.2, 0.25) is 4.34 Å². The van der Waals surface area contributed by atoms with E-state index < -0.39 is 10.0 Å². The van der Waals surface area contributed by atoms with E-state index in [9.17, 15) is 8.42 Å². The first-order valence-corrected chi connectivity index (χ1v) is 8.90. The second-order valence-electron chi connectivity index (χ2n) is 4.62.